The van der Waals surface area contributed by atoms with E-state index in [0.717, 1.165) is 54.9 Å². The SMILES string of the molecule is CC(c1ccc(-c2cc3c(s2)Cc2c(-c4ccc5cnn(C)c5c4)n[nH]c2-3)cc1)N1CCOCC1. The number of H-pyrrole nitrogens is 1. The minimum absolute atomic E-state index is 0.415. The minimum Gasteiger partial charge on any atom is -0.379 e. The summed E-state index contributed by atoms with van der Waals surface area (Å²) >= 11 is 1.90. The number of aromatic amines is 1. The van der Waals surface area contributed by atoms with Gasteiger partial charge in [-0.2, -0.15) is 10.2 Å². The molecule has 1 atom stereocenters. The first kappa shape index (κ1) is 21.1. The lowest BCUT2D eigenvalue weighted by molar-refractivity contribution is 0.0198. The van der Waals surface area contributed by atoms with Crippen LogP contribution in [0.3, 0.4) is 0 Å². The van der Waals surface area contributed by atoms with Crippen LogP contribution < -0.4 is 0 Å². The predicted molar refractivity (Wildman–Crippen MR) is 141 cm³/mol. The number of ether oxygens (including phenoxy) is 1. The van der Waals surface area contributed by atoms with Crippen LogP contribution in [0, 0.1) is 0 Å². The molecule has 0 spiro atoms. The van der Waals surface area contributed by atoms with E-state index in [4.69, 9.17) is 9.84 Å². The topological polar surface area (TPSA) is 59.0 Å². The third kappa shape index (κ3) is 3.45. The molecule has 6 nitrogen and oxygen atoms in total. The predicted octanol–water partition coefficient (Wildman–Crippen LogP) is 5.66. The van der Waals surface area contributed by atoms with Crippen molar-refractivity contribution in [3.8, 4) is 33.0 Å². The van der Waals surface area contributed by atoms with Gasteiger partial charge in [-0.25, -0.2) is 0 Å². The number of aromatic nitrogens is 4. The quantitative estimate of drug-likeness (QED) is 0.353. The van der Waals surface area contributed by atoms with Gasteiger partial charge in [0.2, 0.25) is 0 Å². The molecule has 2 aliphatic rings. The van der Waals surface area contributed by atoms with Crippen molar-refractivity contribution >= 4 is 22.2 Å². The molecular weight excluding hydrogens is 454 g/mol. The molecule has 0 radical (unpaired) electrons. The van der Waals surface area contributed by atoms with Gasteiger partial charge in [0.25, 0.3) is 0 Å². The van der Waals surface area contributed by atoms with Gasteiger partial charge in [-0.3, -0.25) is 14.7 Å². The third-order valence-electron chi connectivity index (χ3n) is 7.58. The first-order valence-corrected chi connectivity index (χ1v) is 13.0. The standard InChI is InChI=1S/C28H27N5OS/c1-17(33-9-11-34-12-10-33)18-3-5-19(6-4-18)25-14-22-26(35-25)15-23-27(30-31-28(22)23)20-7-8-21-16-29-32(2)24(21)13-20/h3-8,13-14,16-17H,9-12,15H2,1-2H3,(H,30,31). The van der Waals surface area contributed by atoms with E-state index in [1.165, 1.54) is 37.7 Å². The maximum Gasteiger partial charge on any atom is 0.0963 e. The number of rotatable bonds is 4. The zero-order valence-corrected chi connectivity index (χ0v) is 20.7. The minimum atomic E-state index is 0.415. The number of nitrogens with one attached hydrogen (secondary N) is 1. The Hall–Kier alpha value is -3.26. The van der Waals surface area contributed by atoms with Crippen molar-refractivity contribution < 1.29 is 4.74 Å². The summed E-state index contributed by atoms with van der Waals surface area (Å²) in [4.78, 5) is 5.23. The molecule has 3 aromatic heterocycles. The summed E-state index contributed by atoms with van der Waals surface area (Å²) in [5, 5.41) is 13.6. The Balaban J connectivity index is 1.16. The Morgan fingerprint density at radius 2 is 1.83 bits per heavy atom. The van der Waals surface area contributed by atoms with Crippen molar-refractivity contribution in [3.63, 3.8) is 0 Å². The number of fused-ring (bicyclic) bond motifs is 4. The van der Waals surface area contributed by atoms with Gasteiger partial charge in [0.15, 0.2) is 0 Å². The number of thiophene rings is 1. The van der Waals surface area contributed by atoms with Crippen molar-refractivity contribution in [2.45, 2.75) is 19.4 Å². The smallest absolute Gasteiger partial charge is 0.0963 e. The summed E-state index contributed by atoms with van der Waals surface area (Å²) in [6.07, 6.45) is 2.83. The Bertz CT molecular complexity index is 1540. The molecule has 5 aromatic rings. The van der Waals surface area contributed by atoms with Crippen molar-refractivity contribution in [1.29, 1.82) is 0 Å². The summed E-state index contributed by atoms with van der Waals surface area (Å²) in [7, 11) is 1.98. The summed E-state index contributed by atoms with van der Waals surface area (Å²) in [5.74, 6) is 0. The highest BCUT2D eigenvalue weighted by Gasteiger charge is 2.28. The molecule has 1 aliphatic carbocycles. The van der Waals surface area contributed by atoms with Crippen LogP contribution in [0.1, 0.15) is 29.0 Å². The molecular formula is C28H27N5OS. The average Bonchev–Trinajstić information content (AvgIpc) is 3.66. The number of hydrogen-bond donors (Lipinski definition) is 1. The van der Waals surface area contributed by atoms with E-state index in [2.05, 4.69) is 70.6 Å². The lowest BCUT2D eigenvalue weighted by atomic mass is 10.0. The monoisotopic (exact) mass is 481 g/mol. The van der Waals surface area contributed by atoms with Crippen LogP contribution in [-0.4, -0.2) is 51.2 Å². The van der Waals surface area contributed by atoms with E-state index < -0.39 is 0 Å². The highest BCUT2D eigenvalue weighted by molar-refractivity contribution is 7.16. The van der Waals surface area contributed by atoms with Crippen LogP contribution in [-0.2, 0) is 18.2 Å². The van der Waals surface area contributed by atoms with E-state index in [1.807, 2.05) is 29.3 Å². The van der Waals surface area contributed by atoms with Crippen molar-refractivity contribution in [2.24, 2.45) is 7.05 Å². The van der Waals surface area contributed by atoms with E-state index in [9.17, 15) is 0 Å². The Kier molecular flexibility index (Phi) is 4.91. The number of morpholine rings is 1. The van der Waals surface area contributed by atoms with Crippen LogP contribution in [0.25, 0.3) is 43.9 Å². The molecule has 7 heteroatoms. The maximum absolute atomic E-state index is 5.51. The molecule has 0 saturated carbocycles. The Labute approximate surface area is 208 Å². The number of hydrogen-bond acceptors (Lipinski definition) is 5. The molecule has 0 amide bonds. The Morgan fingerprint density at radius 1 is 1.03 bits per heavy atom. The van der Waals surface area contributed by atoms with Gasteiger partial charge in [0.05, 0.1) is 36.3 Å². The molecule has 0 bridgehead atoms. The molecule has 7 rings (SSSR count). The molecule has 1 saturated heterocycles. The molecule has 2 aromatic carbocycles. The number of benzene rings is 2. The number of aryl methyl sites for hydroxylation is 1. The van der Waals surface area contributed by atoms with Gasteiger partial charge in [0.1, 0.15) is 0 Å². The van der Waals surface area contributed by atoms with Crippen molar-refractivity contribution in [3.05, 3.63) is 70.7 Å². The van der Waals surface area contributed by atoms with Gasteiger partial charge in [-0.1, -0.05) is 36.4 Å². The summed E-state index contributed by atoms with van der Waals surface area (Å²) in [6.45, 7) is 5.97. The van der Waals surface area contributed by atoms with E-state index in [0.29, 0.717) is 6.04 Å². The highest BCUT2D eigenvalue weighted by atomic mass is 32.1. The highest BCUT2D eigenvalue weighted by Crippen LogP contribution is 2.46. The lowest BCUT2D eigenvalue weighted by Crippen LogP contribution is -2.37. The average molecular weight is 482 g/mol. The van der Waals surface area contributed by atoms with Crippen LogP contribution in [0.4, 0.5) is 0 Å². The first-order chi connectivity index (χ1) is 17.2. The zero-order valence-electron chi connectivity index (χ0n) is 19.9. The second-order valence-corrected chi connectivity index (χ2v) is 10.7. The van der Waals surface area contributed by atoms with Crippen LogP contribution in [0.5, 0.6) is 0 Å². The maximum atomic E-state index is 5.51. The molecule has 1 fully saturated rings. The third-order valence-corrected chi connectivity index (χ3v) is 8.76. The van der Waals surface area contributed by atoms with Crippen LogP contribution in [0.15, 0.2) is 54.7 Å². The first-order valence-electron chi connectivity index (χ1n) is 12.2. The largest absolute Gasteiger partial charge is 0.379 e. The van der Waals surface area contributed by atoms with Crippen LogP contribution >= 0.6 is 11.3 Å². The summed E-state index contributed by atoms with van der Waals surface area (Å²) in [5.41, 5.74) is 9.73. The van der Waals surface area contributed by atoms with E-state index in [1.54, 1.807) is 0 Å². The van der Waals surface area contributed by atoms with Gasteiger partial charge in [0, 0.05) is 64.4 Å². The van der Waals surface area contributed by atoms with E-state index >= 15 is 0 Å². The fourth-order valence-electron chi connectivity index (χ4n) is 5.47. The normalized spacial score (nSPS) is 16.5. The molecule has 4 heterocycles. The van der Waals surface area contributed by atoms with E-state index in [-0.39, 0.29) is 0 Å². The second kappa shape index (κ2) is 8.16. The van der Waals surface area contributed by atoms with Gasteiger partial charge < -0.3 is 4.74 Å². The van der Waals surface area contributed by atoms with Crippen molar-refractivity contribution in [1.82, 2.24) is 24.9 Å². The molecule has 35 heavy (non-hydrogen) atoms. The van der Waals surface area contributed by atoms with Gasteiger partial charge >= 0.3 is 0 Å². The second-order valence-electron chi connectivity index (χ2n) is 9.54. The molecule has 1 aliphatic heterocycles. The molecule has 176 valence electrons. The Morgan fingerprint density at radius 3 is 2.66 bits per heavy atom. The fourth-order valence-corrected chi connectivity index (χ4v) is 6.65. The summed E-state index contributed by atoms with van der Waals surface area (Å²) in [6, 6.07) is 18.3. The van der Waals surface area contributed by atoms with Crippen LogP contribution in [0.2, 0.25) is 0 Å². The summed E-state index contributed by atoms with van der Waals surface area (Å²) < 4.78 is 7.43. The zero-order chi connectivity index (χ0) is 23.5. The van der Waals surface area contributed by atoms with Gasteiger partial charge in [-0.15, -0.1) is 11.3 Å². The number of nitrogens with zero attached hydrogens (tertiary/aromatic N) is 4. The fraction of sp³-hybridized carbons (Fsp3) is 0.286. The lowest BCUT2D eigenvalue weighted by Gasteiger charge is -2.32. The van der Waals surface area contributed by atoms with Crippen molar-refractivity contribution in [2.75, 3.05) is 26.3 Å². The molecule has 1 N–H and O–H groups in total. The molecule has 1 unspecified atom stereocenters. The van der Waals surface area contributed by atoms with Gasteiger partial charge in [-0.05, 0) is 30.2 Å².